The molecule has 1 unspecified atom stereocenters. The Bertz CT molecular complexity index is 457. The Labute approximate surface area is 117 Å². The van der Waals surface area contributed by atoms with Crippen LogP contribution in [-0.2, 0) is 0 Å². The molecule has 0 saturated carbocycles. The maximum atomic E-state index is 14.0. The third-order valence-corrected chi connectivity index (χ3v) is 4.28. The summed E-state index contributed by atoms with van der Waals surface area (Å²) in [6, 6.07) is 3.15. The van der Waals surface area contributed by atoms with Gasteiger partial charge in [-0.15, -0.1) is 11.8 Å². The number of thioether (sulfide) groups is 1. The summed E-state index contributed by atoms with van der Waals surface area (Å²) in [6.45, 7) is 1.98. The third kappa shape index (κ3) is 3.60. The van der Waals surface area contributed by atoms with Crippen molar-refractivity contribution < 1.29 is 14.7 Å². The van der Waals surface area contributed by atoms with Gasteiger partial charge in [-0.2, -0.15) is 0 Å². The standard InChI is InChI=1S/C11H14BrFN2O2S/c1-6(4-5-16)18-8-3-2-7(11(14)15-17)9(12)10(8)13/h2-3,6,16-17H,4-5H2,1H3,(H2,14,15). The van der Waals surface area contributed by atoms with Crippen LogP contribution in [-0.4, -0.2) is 28.0 Å². The van der Waals surface area contributed by atoms with Gasteiger partial charge in [0, 0.05) is 22.3 Å². The van der Waals surface area contributed by atoms with Gasteiger partial charge in [0.15, 0.2) is 11.7 Å². The second kappa shape index (κ2) is 6.96. The molecule has 0 aliphatic rings. The maximum Gasteiger partial charge on any atom is 0.171 e. The van der Waals surface area contributed by atoms with Crippen molar-refractivity contribution in [2.24, 2.45) is 10.9 Å². The van der Waals surface area contributed by atoms with E-state index in [1.54, 1.807) is 12.1 Å². The molecule has 0 fully saturated rings. The topological polar surface area (TPSA) is 78.8 Å². The number of hydrogen-bond acceptors (Lipinski definition) is 4. The number of hydrogen-bond donors (Lipinski definition) is 3. The Hall–Kier alpha value is -0.790. The number of oxime groups is 1. The molecule has 0 saturated heterocycles. The first kappa shape index (κ1) is 15.3. The molecule has 0 aliphatic carbocycles. The molecule has 1 aromatic rings. The van der Waals surface area contributed by atoms with Gasteiger partial charge in [-0.05, 0) is 34.5 Å². The molecular formula is C11H14BrFN2O2S. The number of aliphatic hydroxyl groups is 1. The molecule has 1 atom stereocenters. The molecule has 4 nitrogen and oxygen atoms in total. The van der Waals surface area contributed by atoms with E-state index in [2.05, 4.69) is 21.1 Å². The number of rotatable bonds is 5. The van der Waals surface area contributed by atoms with Gasteiger partial charge in [0.05, 0.1) is 4.47 Å². The highest BCUT2D eigenvalue weighted by Crippen LogP contribution is 2.33. The number of nitrogens with two attached hydrogens (primary N) is 1. The molecule has 18 heavy (non-hydrogen) atoms. The highest BCUT2D eigenvalue weighted by molar-refractivity contribution is 9.10. The highest BCUT2D eigenvalue weighted by Gasteiger charge is 2.16. The highest BCUT2D eigenvalue weighted by atomic mass is 79.9. The number of amidine groups is 1. The first-order valence-electron chi connectivity index (χ1n) is 5.24. The number of nitrogens with zero attached hydrogens (tertiary/aromatic N) is 1. The zero-order valence-electron chi connectivity index (χ0n) is 9.73. The van der Waals surface area contributed by atoms with Gasteiger partial charge >= 0.3 is 0 Å². The van der Waals surface area contributed by atoms with Crippen LogP contribution in [0.1, 0.15) is 18.9 Å². The monoisotopic (exact) mass is 336 g/mol. The molecule has 1 rings (SSSR count). The average molecular weight is 337 g/mol. The van der Waals surface area contributed by atoms with Crippen molar-refractivity contribution in [2.75, 3.05) is 6.61 Å². The van der Waals surface area contributed by atoms with Gasteiger partial charge in [-0.1, -0.05) is 12.1 Å². The molecule has 100 valence electrons. The summed E-state index contributed by atoms with van der Waals surface area (Å²) in [5.74, 6) is -0.602. The SMILES string of the molecule is CC(CCO)Sc1ccc(/C(N)=N/O)c(Br)c1F. The van der Waals surface area contributed by atoms with Gasteiger partial charge in [0.1, 0.15) is 0 Å². The lowest BCUT2D eigenvalue weighted by atomic mass is 10.2. The molecule has 0 bridgehead atoms. The van der Waals surface area contributed by atoms with Crippen LogP contribution in [0.2, 0.25) is 0 Å². The Morgan fingerprint density at radius 1 is 1.61 bits per heavy atom. The van der Waals surface area contributed by atoms with E-state index in [1.165, 1.54) is 11.8 Å². The van der Waals surface area contributed by atoms with Gasteiger partial charge < -0.3 is 16.0 Å². The smallest absolute Gasteiger partial charge is 0.171 e. The normalized spacial score (nSPS) is 13.7. The largest absolute Gasteiger partial charge is 0.409 e. The summed E-state index contributed by atoms with van der Waals surface area (Å²) in [7, 11) is 0. The minimum atomic E-state index is -0.450. The Kier molecular flexibility index (Phi) is 5.90. The molecule has 7 heteroatoms. The zero-order valence-corrected chi connectivity index (χ0v) is 12.1. The average Bonchev–Trinajstić information content (AvgIpc) is 2.34. The molecule has 0 aromatic heterocycles. The first-order chi connectivity index (χ1) is 8.51. The fraction of sp³-hybridized carbons (Fsp3) is 0.364. The molecule has 0 amide bonds. The van der Waals surface area contributed by atoms with E-state index in [1.807, 2.05) is 6.92 Å². The molecule has 4 N–H and O–H groups in total. The summed E-state index contributed by atoms with van der Waals surface area (Å²) >= 11 is 4.42. The van der Waals surface area contributed by atoms with Crippen LogP contribution in [0.3, 0.4) is 0 Å². The maximum absolute atomic E-state index is 14.0. The van der Waals surface area contributed by atoms with Crippen molar-refractivity contribution in [3.8, 4) is 0 Å². The van der Waals surface area contributed by atoms with Gasteiger partial charge in [0.2, 0.25) is 0 Å². The Morgan fingerprint density at radius 2 is 2.28 bits per heavy atom. The second-order valence-electron chi connectivity index (χ2n) is 3.67. The minimum Gasteiger partial charge on any atom is -0.409 e. The van der Waals surface area contributed by atoms with E-state index in [0.717, 1.165) is 0 Å². The molecule has 0 spiro atoms. The van der Waals surface area contributed by atoms with Crippen LogP contribution >= 0.6 is 27.7 Å². The van der Waals surface area contributed by atoms with Gasteiger partial charge in [-0.3, -0.25) is 0 Å². The van der Waals surface area contributed by atoms with Gasteiger partial charge in [0.25, 0.3) is 0 Å². The summed E-state index contributed by atoms with van der Waals surface area (Å²) in [4.78, 5) is 0.456. The van der Waals surface area contributed by atoms with Crippen molar-refractivity contribution in [3.05, 3.63) is 28.0 Å². The number of aliphatic hydroxyl groups excluding tert-OH is 1. The van der Waals surface area contributed by atoms with E-state index in [9.17, 15) is 4.39 Å². The predicted octanol–water partition coefficient (Wildman–Crippen LogP) is 2.55. The Balaban J connectivity index is 3.01. The fourth-order valence-corrected chi connectivity index (χ4v) is 3.02. The van der Waals surface area contributed by atoms with E-state index in [-0.39, 0.29) is 22.2 Å². The van der Waals surface area contributed by atoms with Crippen molar-refractivity contribution in [1.82, 2.24) is 0 Å². The number of benzene rings is 1. The lowest BCUT2D eigenvalue weighted by Gasteiger charge is -2.12. The zero-order chi connectivity index (χ0) is 13.7. The van der Waals surface area contributed by atoms with Crippen LogP contribution in [0.25, 0.3) is 0 Å². The van der Waals surface area contributed by atoms with Crippen molar-refractivity contribution >= 4 is 33.5 Å². The molecule has 0 aliphatic heterocycles. The van der Waals surface area contributed by atoms with Crippen LogP contribution in [0.15, 0.2) is 26.7 Å². The van der Waals surface area contributed by atoms with E-state index < -0.39 is 5.82 Å². The van der Waals surface area contributed by atoms with Crippen molar-refractivity contribution in [2.45, 2.75) is 23.5 Å². The van der Waals surface area contributed by atoms with Crippen molar-refractivity contribution in [1.29, 1.82) is 0 Å². The number of halogens is 2. The van der Waals surface area contributed by atoms with Gasteiger partial charge in [-0.25, -0.2) is 4.39 Å². The third-order valence-electron chi connectivity index (χ3n) is 2.29. The summed E-state index contributed by atoms with van der Waals surface area (Å²) in [5, 5.41) is 20.3. The molecule has 1 aromatic carbocycles. The fourth-order valence-electron chi connectivity index (χ4n) is 1.33. The second-order valence-corrected chi connectivity index (χ2v) is 5.94. The van der Waals surface area contributed by atoms with Crippen LogP contribution in [0.5, 0.6) is 0 Å². The summed E-state index contributed by atoms with van der Waals surface area (Å²) in [6.07, 6.45) is 0.587. The lowest BCUT2D eigenvalue weighted by molar-refractivity contribution is 0.289. The Morgan fingerprint density at radius 3 is 2.83 bits per heavy atom. The van der Waals surface area contributed by atoms with Crippen LogP contribution in [0, 0.1) is 5.82 Å². The predicted molar refractivity (Wildman–Crippen MR) is 73.6 cm³/mol. The quantitative estimate of drug-likeness (QED) is 0.254. The van der Waals surface area contributed by atoms with E-state index in [0.29, 0.717) is 16.9 Å². The van der Waals surface area contributed by atoms with Crippen LogP contribution < -0.4 is 5.73 Å². The molecular weight excluding hydrogens is 323 g/mol. The van der Waals surface area contributed by atoms with E-state index >= 15 is 0 Å². The summed E-state index contributed by atoms with van der Waals surface area (Å²) in [5.41, 5.74) is 5.73. The first-order valence-corrected chi connectivity index (χ1v) is 6.92. The molecule has 0 radical (unpaired) electrons. The summed E-state index contributed by atoms with van der Waals surface area (Å²) < 4.78 is 14.2. The minimum absolute atomic E-state index is 0.0686. The molecule has 0 heterocycles. The van der Waals surface area contributed by atoms with Crippen molar-refractivity contribution in [3.63, 3.8) is 0 Å². The lowest BCUT2D eigenvalue weighted by Crippen LogP contribution is -2.14. The van der Waals surface area contributed by atoms with E-state index in [4.69, 9.17) is 16.0 Å². The van der Waals surface area contributed by atoms with Crippen LogP contribution in [0.4, 0.5) is 4.39 Å².